The molecule has 1 rings (SSSR count). The zero-order valence-corrected chi connectivity index (χ0v) is 9.48. The molecule has 0 N–H and O–H groups in total. The Morgan fingerprint density at radius 2 is 2.07 bits per heavy atom. The van der Waals surface area contributed by atoms with Crippen molar-refractivity contribution in [1.82, 2.24) is 0 Å². The molecule has 1 aliphatic carbocycles. The van der Waals surface area contributed by atoms with Crippen LogP contribution in [0, 0.1) is 16.0 Å². The first-order valence-corrected chi connectivity index (χ1v) is 5.99. The van der Waals surface area contributed by atoms with E-state index in [1.165, 1.54) is 36.4 Å². The summed E-state index contributed by atoms with van der Waals surface area (Å²) in [6.07, 6.45) is 7.03. The molecule has 0 unspecified atom stereocenters. The predicted molar refractivity (Wildman–Crippen MR) is 62.9 cm³/mol. The zero-order valence-electron chi connectivity index (χ0n) is 7.85. The lowest BCUT2D eigenvalue weighted by molar-refractivity contribution is -0.402. The highest BCUT2D eigenvalue weighted by molar-refractivity contribution is 8.25. The van der Waals surface area contributed by atoms with Gasteiger partial charge in [-0.1, -0.05) is 43.2 Å². The molecule has 0 radical (unpaired) electrons. The summed E-state index contributed by atoms with van der Waals surface area (Å²) in [7, 11) is 0. The quantitative estimate of drug-likeness (QED) is 0.424. The number of nitrogens with zero attached hydrogens (tertiary/aromatic N) is 1. The van der Waals surface area contributed by atoms with Gasteiger partial charge in [-0.2, -0.15) is 0 Å². The molecule has 1 fully saturated rings. The minimum atomic E-state index is -0.462. The lowest BCUT2D eigenvalue weighted by Gasteiger charge is -2.20. The molecular weight excluding hydrogens is 218 g/mol. The average Bonchev–Trinajstić information content (AvgIpc) is 2.18. The molecule has 14 heavy (non-hydrogen) atoms. The van der Waals surface area contributed by atoms with Gasteiger partial charge in [0.25, 0.3) is 0 Å². The summed E-state index contributed by atoms with van der Waals surface area (Å²) >= 11 is 6.54. The van der Waals surface area contributed by atoms with E-state index in [2.05, 4.69) is 0 Å². The van der Waals surface area contributed by atoms with Crippen LogP contribution in [-0.2, 0) is 0 Å². The molecule has 0 saturated heterocycles. The van der Waals surface area contributed by atoms with E-state index >= 15 is 0 Å². The molecule has 3 nitrogen and oxygen atoms in total. The Morgan fingerprint density at radius 3 is 2.64 bits per heavy atom. The largest absolute Gasteiger partial charge is 0.259 e. The minimum absolute atomic E-state index is 0.462. The van der Waals surface area contributed by atoms with Gasteiger partial charge in [0.15, 0.2) is 0 Å². The maximum atomic E-state index is 10.0. The van der Waals surface area contributed by atoms with Gasteiger partial charge in [-0.05, 0) is 12.8 Å². The van der Waals surface area contributed by atoms with Gasteiger partial charge in [-0.3, -0.25) is 10.1 Å². The smallest absolute Gasteiger partial charge is 0.241 e. The second kappa shape index (κ2) is 6.14. The van der Waals surface area contributed by atoms with Crippen LogP contribution < -0.4 is 0 Å². The fraction of sp³-hybridized carbons (Fsp3) is 0.667. The maximum absolute atomic E-state index is 10.0. The van der Waals surface area contributed by atoms with E-state index in [9.17, 15) is 10.1 Å². The Labute approximate surface area is 93.1 Å². The van der Waals surface area contributed by atoms with Crippen LogP contribution in [0.4, 0.5) is 0 Å². The fourth-order valence-corrected chi connectivity index (χ4v) is 2.71. The third kappa shape index (κ3) is 4.19. The molecule has 0 aromatic rings. The molecule has 1 aliphatic rings. The second-order valence-electron chi connectivity index (χ2n) is 3.34. The van der Waals surface area contributed by atoms with Crippen molar-refractivity contribution >= 4 is 28.2 Å². The second-order valence-corrected chi connectivity index (χ2v) is 4.99. The van der Waals surface area contributed by atoms with Gasteiger partial charge < -0.3 is 0 Å². The molecule has 0 bridgehead atoms. The van der Waals surface area contributed by atoms with Gasteiger partial charge >= 0.3 is 0 Å². The summed E-state index contributed by atoms with van der Waals surface area (Å²) in [4.78, 5) is 9.56. The van der Waals surface area contributed by atoms with Gasteiger partial charge in [-0.25, -0.2) is 0 Å². The van der Waals surface area contributed by atoms with E-state index in [1.807, 2.05) is 0 Å². The molecular formula is C9H13NO2S2. The number of hydrogen-bond acceptors (Lipinski definition) is 4. The molecule has 0 atom stereocenters. The molecule has 0 spiro atoms. The summed E-state index contributed by atoms with van der Waals surface area (Å²) < 4.78 is 0.905. The van der Waals surface area contributed by atoms with Crippen LogP contribution in [0.25, 0.3) is 0 Å². The van der Waals surface area contributed by atoms with Gasteiger partial charge in [0.1, 0.15) is 0 Å². The molecule has 5 heteroatoms. The van der Waals surface area contributed by atoms with Crippen molar-refractivity contribution in [1.29, 1.82) is 0 Å². The lowest BCUT2D eigenvalue weighted by Crippen LogP contribution is -2.12. The summed E-state index contributed by atoms with van der Waals surface area (Å²) in [5.41, 5.74) is 0. The van der Waals surface area contributed by atoms with Gasteiger partial charge in [0, 0.05) is 11.3 Å². The van der Waals surface area contributed by atoms with Crippen molar-refractivity contribution in [2.75, 3.05) is 0 Å². The van der Waals surface area contributed by atoms with Crippen LogP contribution in [0.5, 0.6) is 0 Å². The SMILES string of the molecule is O=[N+]([O-])C=CSC(=S)C1CCCCC1. The maximum Gasteiger partial charge on any atom is 0.241 e. The average molecular weight is 231 g/mol. The molecule has 78 valence electrons. The highest BCUT2D eigenvalue weighted by atomic mass is 32.2. The van der Waals surface area contributed by atoms with Gasteiger partial charge in [-0.15, -0.1) is 0 Å². The van der Waals surface area contributed by atoms with E-state index < -0.39 is 4.92 Å². The van der Waals surface area contributed by atoms with E-state index in [1.54, 1.807) is 0 Å². The van der Waals surface area contributed by atoms with Crippen LogP contribution in [-0.4, -0.2) is 9.12 Å². The van der Waals surface area contributed by atoms with Crippen molar-refractivity contribution < 1.29 is 4.92 Å². The molecule has 0 aromatic carbocycles. The summed E-state index contributed by atoms with van der Waals surface area (Å²) in [5.74, 6) is 0.486. The summed E-state index contributed by atoms with van der Waals surface area (Å²) in [5, 5.41) is 11.5. The standard InChI is InChI=1S/C9H13NO2S2/c11-10(12)6-7-14-9(13)8-4-2-1-3-5-8/h6-8H,1-5H2. The third-order valence-electron chi connectivity index (χ3n) is 2.31. The highest BCUT2D eigenvalue weighted by Crippen LogP contribution is 2.29. The van der Waals surface area contributed by atoms with E-state index in [0.29, 0.717) is 5.92 Å². The van der Waals surface area contributed by atoms with Crippen LogP contribution >= 0.6 is 24.0 Å². The first-order valence-electron chi connectivity index (χ1n) is 4.71. The molecule has 1 saturated carbocycles. The topological polar surface area (TPSA) is 43.1 Å². The van der Waals surface area contributed by atoms with Crippen LogP contribution in [0.15, 0.2) is 11.6 Å². The van der Waals surface area contributed by atoms with E-state index in [0.717, 1.165) is 23.2 Å². The van der Waals surface area contributed by atoms with Gasteiger partial charge in [0.2, 0.25) is 6.20 Å². The summed E-state index contributed by atoms with van der Waals surface area (Å²) in [6.45, 7) is 0. The number of nitro groups is 1. The van der Waals surface area contributed by atoms with Crippen molar-refractivity contribution in [3.8, 4) is 0 Å². The first kappa shape index (κ1) is 11.7. The number of hydrogen-bond donors (Lipinski definition) is 0. The molecule has 0 aliphatic heterocycles. The Kier molecular flexibility index (Phi) is 5.11. The normalized spacial score (nSPS) is 18.6. The van der Waals surface area contributed by atoms with E-state index in [-0.39, 0.29) is 0 Å². The van der Waals surface area contributed by atoms with Crippen molar-refractivity contribution in [3.05, 3.63) is 21.7 Å². The van der Waals surface area contributed by atoms with Crippen LogP contribution in [0.1, 0.15) is 32.1 Å². The Balaban J connectivity index is 2.30. The molecule has 0 heterocycles. The highest BCUT2D eigenvalue weighted by Gasteiger charge is 2.17. The van der Waals surface area contributed by atoms with E-state index in [4.69, 9.17) is 12.2 Å². The van der Waals surface area contributed by atoms with Crippen molar-refractivity contribution in [2.45, 2.75) is 32.1 Å². The van der Waals surface area contributed by atoms with Crippen molar-refractivity contribution in [3.63, 3.8) is 0 Å². The number of thiocarbonyl (C=S) groups is 1. The fourth-order valence-electron chi connectivity index (χ4n) is 1.58. The third-order valence-corrected chi connectivity index (χ3v) is 3.75. The lowest BCUT2D eigenvalue weighted by atomic mass is 9.91. The zero-order chi connectivity index (χ0) is 10.4. The number of thioether (sulfide) groups is 1. The van der Waals surface area contributed by atoms with Crippen molar-refractivity contribution in [2.24, 2.45) is 5.92 Å². The van der Waals surface area contributed by atoms with Crippen LogP contribution in [0.2, 0.25) is 0 Å². The predicted octanol–water partition coefficient (Wildman–Crippen LogP) is 3.38. The minimum Gasteiger partial charge on any atom is -0.259 e. The Hall–Kier alpha value is -0.420. The monoisotopic (exact) mass is 231 g/mol. The first-order chi connectivity index (χ1) is 6.70. The van der Waals surface area contributed by atoms with Crippen LogP contribution in [0.3, 0.4) is 0 Å². The summed E-state index contributed by atoms with van der Waals surface area (Å²) in [6, 6.07) is 0. The molecule has 0 aromatic heterocycles. The Morgan fingerprint density at radius 1 is 1.43 bits per heavy atom. The Bertz CT molecular complexity index is 247. The van der Waals surface area contributed by atoms with Gasteiger partial charge in [0.05, 0.1) is 9.12 Å². The molecule has 0 amide bonds. The number of rotatable bonds is 3.